The monoisotopic (exact) mass is 242 g/mol. The first-order valence-electron chi connectivity index (χ1n) is 6.32. The molecule has 0 bridgehead atoms. The first-order chi connectivity index (χ1) is 7.85. The second kappa shape index (κ2) is 4.67. The summed E-state index contributed by atoms with van der Waals surface area (Å²) in [6.07, 6.45) is 2.94. The molecule has 4 heteroatoms. The molecule has 2 unspecified atom stereocenters. The van der Waals surface area contributed by atoms with Gasteiger partial charge >= 0.3 is 11.9 Å². The molecule has 1 aliphatic carbocycles. The lowest BCUT2D eigenvalue weighted by atomic mass is 9.50. The molecule has 0 saturated heterocycles. The van der Waals surface area contributed by atoms with Gasteiger partial charge in [-0.3, -0.25) is 9.59 Å². The van der Waals surface area contributed by atoms with Crippen LogP contribution in [-0.4, -0.2) is 22.2 Å². The molecule has 98 valence electrons. The van der Waals surface area contributed by atoms with Gasteiger partial charge in [0, 0.05) is 0 Å². The van der Waals surface area contributed by atoms with Crippen LogP contribution in [0.15, 0.2) is 0 Å². The Bertz CT molecular complexity index is 323. The molecule has 1 aliphatic rings. The van der Waals surface area contributed by atoms with E-state index >= 15 is 0 Å². The lowest BCUT2D eigenvalue weighted by Crippen LogP contribution is -2.57. The number of rotatable bonds is 4. The number of hydrogen-bond donors (Lipinski definition) is 2. The first kappa shape index (κ1) is 14.0. The second-order valence-electron chi connectivity index (χ2n) is 5.38. The van der Waals surface area contributed by atoms with Crippen LogP contribution in [-0.2, 0) is 9.59 Å². The zero-order valence-electron chi connectivity index (χ0n) is 10.8. The SMILES string of the molecule is CCC1(C(=O)O)CCCCC1(C(=O)O)C(C)C. The average molecular weight is 242 g/mol. The molecule has 2 N–H and O–H groups in total. The van der Waals surface area contributed by atoms with E-state index in [1.165, 1.54) is 0 Å². The van der Waals surface area contributed by atoms with E-state index in [4.69, 9.17) is 0 Å². The Labute approximate surface area is 102 Å². The molecule has 1 saturated carbocycles. The zero-order chi connectivity index (χ0) is 13.3. The summed E-state index contributed by atoms with van der Waals surface area (Å²) in [5.74, 6) is -2.07. The van der Waals surface area contributed by atoms with Crippen LogP contribution in [0.2, 0.25) is 0 Å². The van der Waals surface area contributed by atoms with Crippen molar-refractivity contribution in [1.29, 1.82) is 0 Å². The molecule has 4 nitrogen and oxygen atoms in total. The summed E-state index contributed by atoms with van der Waals surface area (Å²) in [7, 11) is 0. The molecular formula is C13H22O4. The first-order valence-corrected chi connectivity index (χ1v) is 6.32. The molecule has 17 heavy (non-hydrogen) atoms. The quantitative estimate of drug-likeness (QED) is 0.794. The van der Waals surface area contributed by atoms with E-state index in [1.807, 2.05) is 13.8 Å². The summed E-state index contributed by atoms with van der Waals surface area (Å²) >= 11 is 0. The van der Waals surface area contributed by atoms with Gasteiger partial charge in [-0.25, -0.2) is 0 Å². The van der Waals surface area contributed by atoms with Crippen LogP contribution in [0.3, 0.4) is 0 Å². The van der Waals surface area contributed by atoms with Crippen LogP contribution in [0, 0.1) is 16.7 Å². The average Bonchev–Trinajstić information content (AvgIpc) is 2.27. The highest BCUT2D eigenvalue weighted by atomic mass is 16.4. The predicted octanol–water partition coefficient (Wildman–Crippen LogP) is 2.77. The van der Waals surface area contributed by atoms with E-state index in [-0.39, 0.29) is 5.92 Å². The van der Waals surface area contributed by atoms with E-state index in [9.17, 15) is 19.8 Å². The predicted molar refractivity (Wildman–Crippen MR) is 63.7 cm³/mol. The third-order valence-electron chi connectivity index (χ3n) is 4.66. The van der Waals surface area contributed by atoms with Crippen LogP contribution in [0.4, 0.5) is 0 Å². The Morgan fingerprint density at radius 3 is 1.94 bits per heavy atom. The Morgan fingerprint density at radius 2 is 1.65 bits per heavy atom. The topological polar surface area (TPSA) is 74.6 Å². The summed E-state index contributed by atoms with van der Waals surface area (Å²) in [4.78, 5) is 23.4. The van der Waals surface area contributed by atoms with E-state index in [0.717, 1.165) is 12.8 Å². The molecule has 0 amide bonds. The van der Waals surface area contributed by atoms with E-state index in [1.54, 1.807) is 6.92 Å². The van der Waals surface area contributed by atoms with Gasteiger partial charge in [-0.1, -0.05) is 33.6 Å². The van der Waals surface area contributed by atoms with Gasteiger partial charge in [0.05, 0.1) is 10.8 Å². The van der Waals surface area contributed by atoms with Crippen LogP contribution in [0.25, 0.3) is 0 Å². The second-order valence-corrected chi connectivity index (χ2v) is 5.38. The molecule has 0 aromatic carbocycles. The van der Waals surface area contributed by atoms with Crippen molar-refractivity contribution in [1.82, 2.24) is 0 Å². The summed E-state index contributed by atoms with van der Waals surface area (Å²) in [6.45, 7) is 5.44. The van der Waals surface area contributed by atoms with Crippen LogP contribution < -0.4 is 0 Å². The maximum Gasteiger partial charge on any atom is 0.311 e. The van der Waals surface area contributed by atoms with Crippen molar-refractivity contribution in [2.24, 2.45) is 16.7 Å². The largest absolute Gasteiger partial charge is 0.481 e. The van der Waals surface area contributed by atoms with Crippen LogP contribution in [0.1, 0.15) is 52.9 Å². The fraction of sp³-hybridized carbons (Fsp3) is 0.846. The highest BCUT2D eigenvalue weighted by Crippen LogP contribution is 2.57. The minimum absolute atomic E-state index is 0.170. The molecular weight excluding hydrogens is 220 g/mol. The van der Waals surface area contributed by atoms with Gasteiger partial charge in [-0.15, -0.1) is 0 Å². The van der Waals surface area contributed by atoms with Crippen LogP contribution >= 0.6 is 0 Å². The van der Waals surface area contributed by atoms with Crippen molar-refractivity contribution in [3.63, 3.8) is 0 Å². The number of carbonyl (C=O) groups is 2. The molecule has 1 fully saturated rings. The fourth-order valence-electron chi connectivity index (χ4n) is 3.63. The van der Waals surface area contributed by atoms with Gasteiger partial charge in [0.2, 0.25) is 0 Å². The Kier molecular flexibility index (Phi) is 3.84. The van der Waals surface area contributed by atoms with E-state index < -0.39 is 22.8 Å². The third kappa shape index (κ3) is 1.74. The van der Waals surface area contributed by atoms with Gasteiger partial charge in [-0.2, -0.15) is 0 Å². The van der Waals surface area contributed by atoms with Crippen molar-refractivity contribution in [2.45, 2.75) is 52.9 Å². The molecule has 2 atom stereocenters. The van der Waals surface area contributed by atoms with Gasteiger partial charge in [0.15, 0.2) is 0 Å². The van der Waals surface area contributed by atoms with Crippen molar-refractivity contribution in [3.8, 4) is 0 Å². The van der Waals surface area contributed by atoms with E-state index in [0.29, 0.717) is 19.3 Å². The lowest BCUT2D eigenvalue weighted by molar-refractivity contribution is -0.186. The molecule has 1 rings (SSSR count). The molecule has 0 aliphatic heterocycles. The van der Waals surface area contributed by atoms with Gasteiger partial charge in [-0.05, 0) is 25.2 Å². The third-order valence-corrected chi connectivity index (χ3v) is 4.66. The highest BCUT2D eigenvalue weighted by Gasteiger charge is 2.62. The molecule has 0 radical (unpaired) electrons. The molecule has 0 aromatic rings. The molecule has 0 aromatic heterocycles. The number of carboxylic acid groups (broad SMARTS) is 2. The summed E-state index contributed by atoms with van der Waals surface area (Å²) in [5, 5.41) is 19.2. The van der Waals surface area contributed by atoms with Gasteiger partial charge in [0.25, 0.3) is 0 Å². The summed E-state index contributed by atoms with van der Waals surface area (Å²) < 4.78 is 0. The molecule has 0 heterocycles. The summed E-state index contributed by atoms with van der Waals surface area (Å²) in [6, 6.07) is 0. The van der Waals surface area contributed by atoms with Crippen molar-refractivity contribution < 1.29 is 19.8 Å². The minimum atomic E-state index is -1.12. The maximum absolute atomic E-state index is 11.7. The zero-order valence-corrected chi connectivity index (χ0v) is 10.8. The van der Waals surface area contributed by atoms with Crippen LogP contribution in [0.5, 0.6) is 0 Å². The Morgan fingerprint density at radius 1 is 1.12 bits per heavy atom. The van der Waals surface area contributed by atoms with Gasteiger partial charge < -0.3 is 10.2 Å². The van der Waals surface area contributed by atoms with Gasteiger partial charge in [0.1, 0.15) is 0 Å². The Hall–Kier alpha value is -1.06. The maximum atomic E-state index is 11.7. The summed E-state index contributed by atoms with van der Waals surface area (Å²) in [5.41, 5.74) is -2.23. The normalized spacial score (nSPS) is 33.6. The van der Waals surface area contributed by atoms with Crippen molar-refractivity contribution in [2.75, 3.05) is 0 Å². The number of hydrogen-bond acceptors (Lipinski definition) is 2. The number of carboxylic acids is 2. The van der Waals surface area contributed by atoms with Crippen molar-refractivity contribution >= 4 is 11.9 Å². The lowest BCUT2D eigenvalue weighted by Gasteiger charge is -2.50. The number of aliphatic carboxylic acids is 2. The Balaban J connectivity index is 3.40. The fourth-order valence-corrected chi connectivity index (χ4v) is 3.63. The highest BCUT2D eigenvalue weighted by molar-refractivity contribution is 5.87. The standard InChI is InChI=1S/C13H22O4/c1-4-12(10(14)15)7-5-6-8-13(12,9(2)3)11(16)17/h9H,4-8H2,1-3H3,(H,14,15)(H,16,17). The van der Waals surface area contributed by atoms with E-state index in [2.05, 4.69) is 0 Å². The van der Waals surface area contributed by atoms with Crippen molar-refractivity contribution in [3.05, 3.63) is 0 Å². The molecule has 0 spiro atoms. The smallest absolute Gasteiger partial charge is 0.311 e. The minimum Gasteiger partial charge on any atom is -0.481 e.